The second-order valence-corrected chi connectivity index (χ2v) is 6.20. The molecule has 0 saturated heterocycles. The Labute approximate surface area is 148 Å². The van der Waals surface area contributed by atoms with Crippen molar-refractivity contribution in [2.24, 2.45) is 0 Å². The highest BCUT2D eigenvalue weighted by Crippen LogP contribution is 2.31. The second-order valence-electron chi connectivity index (χ2n) is 6.20. The van der Waals surface area contributed by atoms with Crippen molar-refractivity contribution in [3.63, 3.8) is 0 Å². The van der Waals surface area contributed by atoms with Crippen LogP contribution in [0.25, 0.3) is 5.57 Å². The van der Waals surface area contributed by atoms with Crippen LogP contribution in [-0.2, 0) is 5.60 Å². The van der Waals surface area contributed by atoms with Crippen LogP contribution in [-0.4, -0.2) is 44.3 Å². The maximum Gasteiger partial charge on any atom is 0.407 e. The molecule has 1 atom stereocenters. The Kier molecular flexibility index (Phi) is 4.69. The summed E-state index contributed by atoms with van der Waals surface area (Å²) in [5.41, 5.74) is -0.738. The SMILES string of the molecule is CC(O)(c1cnc(C2=CCN(C(=O)O)CC2)nc1)c1ccc(F)cc1F. The molecule has 136 valence electrons. The lowest BCUT2D eigenvalue weighted by atomic mass is 9.89. The zero-order valence-corrected chi connectivity index (χ0v) is 14.0. The summed E-state index contributed by atoms with van der Waals surface area (Å²) >= 11 is 0. The first kappa shape index (κ1) is 17.9. The number of hydrogen-bond donors (Lipinski definition) is 2. The van der Waals surface area contributed by atoms with E-state index in [1.165, 1.54) is 30.3 Å². The van der Waals surface area contributed by atoms with Crippen molar-refractivity contribution in [1.29, 1.82) is 0 Å². The number of aromatic nitrogens is 2. The highest BCUT2D eigenvalue weighted by Gasteiger charge is 2.30. The monoisotopic (exact) mass is 361 g/mol. The largest absolute Gasteiger partial charge is 0.465 e. The van der Waals surface area contributed by atoms with Crippen LogP contribution in [0.3, 0.4) is 0 Å². The molecule has 3 rings (SSSR count). The van der Waals surface area contributed by atoms with Gasteiger partial charge in [-0.1, -0.05) is 6.08 Å². The van der Waals surface area contributed by atoms with Crippen LogP contribution in [0.4, 0.5) is 13.6 Å². The van der Waals surface area contributed by atoms with Gasteiger partial charge in [0.2, 0.25) is 0 Å². The molecular weight excluding hydrogens is 344 g/mol. The average molecular weight is 361 g/mol. The maximum atomic E-state index is 14.0. The number of halogens is 2. The number of carbonyl (C=O) groups is 1. The first-order chi connectivity index (χ1) is 12.3. The van der Waals surface area contributed by atoms with E-state index in [0.717, 1.165) is 11.6 Å². The fraction of sp³-hybridized carbons (Fsp3) is 0.278. The van der Waals surface area contributed by atoms with Gasteiger partial charge >= 0.3 is 6.09 Å². The van der Waals surface area contributed by atoms with E-state index >= 15 is 0 Å². The molecule has 0 saturated carbocycles. The molecule has 1 amide bonds. The Bertz CT molecular complexity index is 866. The van der Waals surface area contributed by atoms with Crippen LogP contribution >= 0.6 is 0 Å². The van der Waals surface area contributed by atoms with E-state index in [4.69, 9.17) is 5.11 Å². The second kappa shape index (κ2) is 6.80. The molecule has 1 aliphatic rings. The Hall–Kier alpha value is -2.87. The standard InChI is InChI=1S/C18H17F2N3O3/c1-18(26,14-3-2-13(19)8-15(14)20)12-9-21-16(22-10-12)11-4-6-23(7-5-11)17(24)25/h2-4,8-10,26H,5-7H2,1H3,(H,24,25). The van der Waals surface area contributed by atoms with Gasteiger partial charge in [-0.25, -0.2) is 23.5 Å². The van der Waals surface area contributed by atoms with Crippen LogP contribution < -0.4 is 0 Å². The van der Waals surface area contributed by atoms with Crippen LogP contribution in [0.1, 0.15) is 30.3 Å². The first-order valence-corrected chi connectivity index (χ1v) is 7.96. The summed E-state index contributed by atoms with van der Waals surface area (Å²) in [6, 6.07) is 2.96. The van der Waals surface area contributed by atoms with Crippen LogP contribution in [0.2, 0.25) is 0 Å². The minimum absolute atomic E-state index is 0.0794. The molecule has 6 nitrogen and oxygen atoms in total. The van der Waals surface area contributed by atoms with Crippen molar-refractivity contribution in [2.45, 2.75) is 18.9 Å². The first-order valence-electron chi connectivity index (χ1n) is 7.96. The summed E-state index contributed by atoms with van der Waals surface area (Å²) in [5.74, 6) is -1.16. The topological polar surface area (TPSA) is 86.6 Å². The van der Waals surface area contributed by atoms with Gasteiger partial charge in [-0.3, -0.25) is 0 Å². The highest BCUT2D eigenvalue weighted by atomic mass is 19.1. The number of carboxylic acid groups (broad SMARTS) is 1. The van der Waals surface area contributed by atoms with Gasteiger partial charge in [0.15, 0.2) is 5.82 Å². The summed E-state index contributed by atoms with van der Waals surface area (Å²) in [6.07, 6.45) is 4.01. The molecule has 26 heavy (non-hydrogen) atoms. The molecule has 1 unspecified atom stereocenters. The van der Waals surface area contributed by atoms with E-state index in [2.05, 4.69) is 9.97 Å². The number of amides is 1. The van der Waals surface area contributed by atoms with Crippen molar-refractivity contribution >= 4 is 11.7 Å². The number of nitrogens with zero attached hydrogens (tertiary/aromatic N) is 3. The number of rotatable bonds is 3. The van der Waals surface area contributed by atoms with Gasteiger partial charge in [0.25, 0.3) is 0 Å². The lowest BCUT2D eigenvalue weighted by molar-refractivity contribution is 0.0970. The Morgan fingerprint density at radius 3 is 2.50 bits per heavy atom. The van der Waals surface area contributed by atoms with E-state index in [1.54, 1.807) is 6.08 Å². The minimum atomic E-state index is -1.72. The molecule has 2 heterocycles. The lowest BCUT2D eigenvalue weighted by Crippen LogP contribution is -2.33. The molecule has 0 radical (unpaired) electrons. The predicted octanol–water partition coefficient (Wildman–Crippen LogP) is 2.78. The van der Waals surface area contributed by atoms with Gasteiger partial charge in [0.1, 0.15) is 17.2 Å². The molecule has 8 heteroatoms. The Morgan fingerprint density at radius 1 is 1.27 bits per heavy atom. The van der Waals surface area contributed by atoms with Crippen molar-refractivity contribution < 1.29 is 23.8 Å². The molecule has 0 spiro atoms. The van der Waals surface area contributed by atoms with Crippen LogP contribution in [0.15, 0.2) is 36.7 Å². The van der Waals surface area contributed by atoms with Gasteiger partial charge in [-0.2, -0.15) is 0 Å². The molecular formula is C18H17F2N3O3. The van der Waals surface area contributed by atoms with Crippen LogP contribution in [0, 0.1) is 11.6 Å². The van der Waals surface area contributed by atoms with E-state index in [-0.39, 0.29) is 17.7 Å². The normalized spacial score (nSPS) is 16.8. The third-order valence-electron chi connectivity index (χ3n) is 4.44. The molecule has 1 aromatic carbocycles. The number of benzene rings is 1. The van der Waals surface area contributed by atoms with E-state index in [1.807, 2.05) is 0 Å². The molecule has 2 N–H and O–H groups in total. The van der Waals surface area contributed by atoms with Gasteiger partial charge in [-0.05, 0) is 31.1 Å². The third kappa shape index (κ3) is 3.41. The van der Waals surface area contributed by atoms with Gasteiger partial charge < -0.3 is 15.1 Å². The smallest absolute Gasteiger partial charge is 0.407 e. The third-order valence-corrected chi connectivity index (χ3v) is 4.44. The van der Waals surface area contributed by atoms with E-state index in [0.29, 0.717) is 24.9 Å². The molecule has 1 aliphatic heterocycles. The van der Waals surface area contributed by atoms with Gasteiger partial charge in [0, 0.05) is 42.7 Å². The molecule has 2 aromatic rings. The van der Waals surface area contributed by atoms with E-state index < -0.39 is 23.3 Å². The molecule has 1 aromatic heterocycles. The fourth-order valence-corrected chi connectivity index (χ4v) is 2.83. The molecule has 0 bridgehead atoms. The van der Waals surface area contributed by atoms with Crippen LogP contribution in [0.5, 0.6) is 0 Å². The predicted molar refractivity (Wildman–Crippen MR) is 89.3 cm³/mol. The zero-order chi connectivity index (χ0) is 18.9. The summed E-state index contributed by atoms with van der Waals surface area (Å²) in [5, 5.41) is 19.6. The van der Waals surface area contributed by atoms with E-state index in [9.17, 15) is 18.7 Å². The van der Waals surface area contributed by atoms with Crippen molar-refractivity contribution in [3.8, 4) is 0 Å². The summed E-state index contributed by atoms with van der Waals surface area (Å²) < 4.78 is 27.1. The van der Waals surface area contributed by atoms with Gasteiger partial charge in [0.05, 0.1) is 0 Å². The number of hydrogen-bond acceptors (Lipinski definition) is 4. The Morgan fingerprint density at radius 2 is 1.96 bits per heavy atom. The highest BCUT2D eigenvalue weighted by molar-refractivity contribution is 5.69. The minimum Gasteiger partial charge on any atom is -0.465 e. The van der Waals surface area contributed by atoms with Gasteiger partial charge in [-0.15, -0.1) is 0 Å². The summed E-state index contributed by atoms with van der Waals surface area (Å²) in [4.78, 5) is 20.6. The average Bonchev–Trinajstić information content (AvgIpc) is 2.61. The lowest BCUT2D eigenvalue weighted by Gasteiger charge is -2.25. The Balaban J connectivity index is 1.84. The quantitative estimate of drug-likeness (QED) is 0.878. The summed E-state index contributed by atoms with van der Waals surface area (Å²) in [6.45, 7) is 1.99. The fourth-order valence-electron chi connectivity index (χ4n) is 2.83. The molecule has 0 fully saturated rings. The van der Waals surface area contributed by atoms with Crippen molar-refractivity contribution in [3.05, 3.63) is 65.3 Å². The molecule has 0 aliphatic carbocycles. The zero-order valence-electron chi connectivity index (χ0n) is 14.0. The van der Waals surface area contributed by atoms with Crippen molar-refractivity contribution in [1.82, 2.24) is 14.9 Å². The summed E-state index contributed by atoms with van der Waals surface area (Å²) in [7, 11) is 0. The maximum absolute atomic E-state index is 14.0. The van der Waals surface area contributed by atoms with Crippen molar-refractivity contribution in [2.75, 3.05) is 13.1 Å². The number of aliphatic hydroxyl groups is 1.